The first kappa shape index (κ1) is 19.1. The maximum atomic E-state index is 5.44. The van der Waals surface area contributed by atoms with Gasteiger partial charge < -0.3 is 15.4 Å². The number of aromatic nitrogens is 4. The van der Waals surface area contributed by atoms with Gasteiger partial charge in [-0.05, 0) is 44.1 Å². The minimum absolute atomic E-state index is 0.395. The lowest BCUT2D eigenvalue weighted by Crippen LogP contribution is -2.19. The standard InChI is InChI=1S/C19H24N6OS/c1-13-7-5-6-8-16(13)10-25-15(3)18(14(2)23-25)22-19(27)21-17-9-20-24(11-17)12-26-4/h5-9,11H,10,12H2,1-4H3,(H2,21,22,27). The summed E-state index contributed by atoms with van der Waals surface area (Å²) in [5.74, 6) is 0. The van der Waals surface area contributed by atoms with Crippen molar-refractivity contribution in [1.29, 1.82) is 0 Å². The molecule has 0 aliphatic carbocycles. The molecule has 0 bridgehead atoms. The van der Waals surface area contributed by atoms with Crippen molar-refractivity contribution in [2.24, 2.45) is 0 Å². The summed E-state index contributed by atoms with van der Waals surface area (Å²) in [5, 5.41) is 15.7. The Hall–Kier alpha value is -2.71. The predicted octanol–water partition coefficient (Wildman–Crippen LogP) is 3.47. The van der Waals surface area contributed by atoms with Crippen LogP contribution in [0.2, 0.25) is 0 Å². The van der Waals surface area contributed by atoms with Crippen molar-refractivity contribution < 1.29 is 4.74 Å². The van der Waals surface area contributed by atoms with Crippen molar-refractivity contribution in [2.75, 3.05) is 17.7 Å². The molecule has 1 aromatic carbocycles. The highest BCUT2D eigenvalue weighted by Crippen LogP contribution is 2.21. The fraction of sp³-hybridized carbons (Fsp3) is 0.316. The van der Waals surface area contributed by atoms with Crippen molar-refractivity contribution in [2.45, 2.75) is 34.0 Å². The average Bonchev–Trinajstić information content (AvgIpc) is 3.17. The van der Waals surface area contributed by atoms with Crippen molar-refractivity contribution in [3.05, 3.63) is 59.2 Å². The predicted molar refractivity (Wildman–Crippen MR) is 111 cm³/mol. The number of anilines is 2. The Morgan fingerprint density at radius 2 is 1.96 bits per heavy atom. The fourth-order valence-electron chi connectivity index (χ4n) is 2.89. The maximum absolute atomic E-state index is 5.44. The summed E-state index contributed by atoms with van der Waals surface area (Å²) in [5.41, 5.74) is 6.17. The van der Waals surface area contributed by atoms with E-state index in [1.807, 2.05) is 30.8 Å². The second-order valence-electron chi connectivity index (χ2n) is 6.40. The molecule has 0 radical (unpaired) electrons. The van der Waals surface area contributed by atoms with Gasteiger partial charge >= 0.3 is 0 Å². The first-order chi connectivity index (χ1) is 13.0. The van der Waals surface area contributed by atoms with E-state index in [1.54, 1.807) is 18.0 Å². The van der Waals surface area contributed by atoms with Gasteiger partial charge in [0.1, 0.15) is 6.73 Å². The summed E-state index contributed by atoms with van der Waals surface area (Å²) in [7, 11) is 1.63. The van der Waals surface area contributed by atoms with Crippen LogP contribution in [-0.2, 0) is 18.0 Å². The van der Waals surface area contributed by atoms with Crippen LogP contribution in [0.3, 0.4) is 0 Å². The average molecular weight is 385 g/mol. The lowest BCUT2D eigenvalue weighted by molar-refractivity contribution is 0.120. The molecule has 0 spiro atoms. The zero-order valence-electron chi connectivity index (χ0n) is 16.0. The van der Waals surface area contributed by atoms with Gasteiger partial charge in [0.15, 0.2) is 5.11 Å². The molecule has 0 aliphatic rings. The van der Waals surface area contributed by atoms with Crippen LogP contribution in [0.5, 0.6) is 0 Å². The number of hydrogen-bond acceptors (Lipinski definition) is 4. The van der Waals surface area contributed by atoms with E-state index in [0.29, 0.717) is 11.8 Å². The Morgan fingerprint density at radius 3 is 2.70 bits per heavy atom. The summed E-state index contributed by atoms with van der Waals surface area (Å²) < 4.78 is 8.73. The molecule has 27 heavy (non-hydrogen) atoms. The number of methoxy groups -OCH3 is 1. The molecule has 0 unspecified atom stereocenters. The SMILES string of the molecule is COCn1cc(NC(=S)Nc2c(C)nn(Cc3ccccc3C)c2C)cn1. The van der Waals surface area contributed by atoms with Crippen LogP contribution in [0.4, 0.5) is 11.4 Å². The zero-order valence-corrected chi connectivity index (χ0v) is 16.8. The highest BCUT2D eigenvalue weighted by Gasteiger charge is 2.14. The minimum Gasteiger partial charge on any atom is -0.362 e. The van der Waals surface area contributed by atoms with E-state index >= 15 is 0 Å². The number of rotatable bonds is 6. The van der Waals surface area contributed by atoms with Gasteiger partial charge in [-0.1, -0.05) is 24.3 Å². The van der Waals surface area contributed by atoms with Crippen molar-refractivity contribution in [3.8, 4) is 0 Å². The Balaban J connectivity index is 1.70. The van der Waals surface area contributed by atoms with E-state index in [2.05, 4.69) is 46.0 Å². The molecule has 3 rings (SSSR count). The third kappa shape index (κ3) is 4.53. The smallest absolute Gasteiger partial charge is 0.175 e. The number of ether oxygens (including phenoxy) is 1. The molecule has 0 saturated heterocycles. The molecule has 142 valence electrons. The third-order valence-corrected chi connectivity index (χ3v) is 4.56. The third-order valence-electron chi connectivity index (χ3n) is 4.35. The van der Waals surface area contributed by atoms with Crippen LogP contribution in [0.25, 0.3) is 0 Å². The molecule has 2 heterocycles. The second-order valence-corrected chi connectivity index (χ2v) is 6.80. The van der Waals surface area contributed by atoms with Crippen molar-refractivity contribution in [3.63, 3.8) is 0 Å². The minimum atomic E-state index is 0.395. The van der Waals surface area contributed by atoms with Gasteiger partial charge in [-0.25, -0.2) is 4.68 Å². The molecule has 3 aromatic rings. The van der Waals surface area contributed by atoms with E-state index in [0.717, 1.165) is 29.3 Å². The molecule has 0 aliphatic heterocycles. The molecule has 2 aromatic heterocycles. The first-order valence-corrected chi connectivity index (χ1v) is 9.06. The summed E-state index contributed by atoms with van der Waals surface area (Å²) in [6.07, 6.45) is 3.53. The van der Waals surface area contributed by atoms with Crippen molar-refractivity contribution >= 4 is 28.7 Å². The molecule has 0 amide bonds. The first-order valence-electron chi connectivity index (χ1n) is 8.66. The van der Waals surface area contributed by atoms with Crippen molar-refractivity contribution in [1.82, 2.24) is 19.6 Å². The van der Waals surface area contributed by atoms with Gasteiger partial charge in [0, 0.05) is 7.11 Å². The topological polar surface area (TPSA) is 68.9 Å². The summed E-state index contributed by atoms with van der Waals surface area (Å²) in [6.45, 7) is 7.25. The number of hydrogen-bond donors (Lipinski definition) is 2. The number of aryl methyl sites for hydroxylation is 2. The molecule has 0 atom stereocenters. The molecule has 8 heteroatoms. The highest BCUT2D eigenvalue weighted by atomic mass is 32.1. The fourth-order valence-corrected chi connectivity index (χ4v) is 3.11. The van der Waals surface area contributed by atoms with Gasteiger partial charge in [0.25, 0.3) is 0 Å². The molecule has 0 saturated carbocycles. The molecular weight excluding hydrogens is 360 g/mol. The van der Waals surface area contributed by atoms with Crippen LogP contribution >= 0.6 is 12.2 Å². The quantitative estimate of drug-likeness (QED) is 0.635. The number of thiocarbonyl (C=S) groups is 1. The number of benzene rings is 1. The summed E-state index contributed by atoms with van der Waals surface area (Å²) in [4.78, 5) is 0. The Bertz CT molecular complexity index is 946. The Labute approximate surface area is 164 Å². The molecule has 0 fully saturated rings. The van der Waals surface area contributed by atoms with Crippen LogP contribution in [0.1, 0.15) is 22.5 Å². The maximum Gasteiger partial charge on any atom is 0.175 e. The van der Waals surface area contributed by atoms with Crippen LogP contribution < -0.4 is 10.6 Å². The largest absolute Gasteiger partial charge is 0.362 e. The van der Waals surface area contributed by atoms with Gasteiger partial charge in [-0.2, -0.15) is 10.2 Å². The highest BCUT2D eigenvalue weighted by molar-refractivity contribution is 7.80. The summed E-state index contributed by atoms with van der Waals surface area (Å²) >= 11 is 5.44. The van der Waals surface area contributed by atoms with Gasteiger partial charge in [0.05, 0.1) is 41.7 Å². The molecule has 7 nitrogen and oxygen atoms in total. The Kier molecular flexibility index (Phi) is 5.88. The van der Waals surface area contributed by atoms with E-state index in [-0.39, 0.29) is 0 Å². The van der Waals surface area contributed by atoms with E-state index in [4.69, 9.17) is 17.0 Å². The Morgan fingerprint density at radius 1 is 1.19 bits per heavy atom. The van der Waals surface area contributed by atoms with Gasteiger partial charge in [-0.15, -0.1) is 0 Å². The van der Waals surface area contributed by atoms with Crippen LogP contribution in [-0.4, -0.2) is 31.8 Å². The van der Waals surface area contributed by atoms with Crippen LogP contribution in [0.15, 0.2) is 36.7 Å². The van der Waals surface area contributed by atoms with E-state index < -0.39 is 0 Å². The van der Waals surface area contributed by atoms with E-state index in [1.165, 1.54) is 11.1 Å². The van der Waals surface area contributed by atoms with E-state index in [9.17, 15) is 0 Å². The molecule has 2 N–H and O–H groups in total. The van der Waals surface area contributed by atoms with Crippen LogP contribution in [0, 0.1) is 20.8 Å². The van der Waals surface area contributed by atoms with Gasteiger partial charge in [-0.3, -0.25) is 4.68 Å². The van der Waals surface area contributed by atoms with Gasteiger partial charge in [0.2, 0.25) is 0 Å². The number of nitrogens with one attached hydrogen (secondary N) is 2. The molecular formula is C19H24N6OS. The second kappa shape index (κ2) is 8.32. The summed E-state index contributed by atoms with van der Waals surface area (Å²) in [6, 6.07) is 8.34. The monoisotopic (exact) mass is 384 g/mol. The zero-order chi connectivity index (χ0) is 19.4. The lowest BCUT2D eigenvalue weighted by atomic mass is 10.1. The normalized spacial score (nSPS) is 10.8. The lowest BCUT2D eigenvalue weighted by Gasteiger charge is -2.11. The number of nitrogens with zero attached hydrogens (tertiary/aromatic N) is 4.